The number of piperazine rings is 1. The van der Waals surface area contributed by atoms with Crippen LogP contribution in [0.5, 0.6) is 0 Å². The van der Waals surface area contributed by atoms with Gasteiger partial charge in [-0.25, -0.2) is 0 Å². The minimum absolute atomic E-state index is 0.0856. The van der Waals surface area contributed by atoms with Crippen molar-refractivity contribution in [2.24, 2.45) is 23.2 Å². The first-order valence-electron chi connectivity index (χ1n) is 12.0. The van der Waals surface area contributed by atoms with E-state index < -0.39 is 6.10 Å². The normalized spacial score (nSPS) is 38.9. The van der Waals surface area contributed by atoms with Crippen LogP contribution in [0, 0.1) is 23.2 Å². The first-order chi connectivity index (χ1) is 15.0. The van der Waals surface area contributed by atoms with Gasteiger partial charge in [0.15, 0.2) is 0 Å². The maximum atomic E-state index is 12.9. The molecule has 0 bridgehead atoms. The van der Waals surface area contributed by atoms with Crippen LogP contribution in [0.25, 0.3) is 0 Å². The number of nitrogens with zero attached hydrogens (tertiary/aromatic N) is 2. The number of carbonyl (C=O) groups is 1. The van der Waals surface area contributed by atoms with Gasteiger partial charge in [-0.3, -0.25) is 14.6 Å². The predicted molar refractivity (Wildman–Crippen MR) is 120 cm³/mol. The second kappa shape index (κ2) is 8.34. The van der Waals surface area contributed by atoms with Crippen molar-refractivity contribution in [3.8, 4) is 0 Å². The molecule has 0 unspecified atom stereocenters. The molecule has 1 aromatic rings. The van der Waals surface area contributed by atoms with Crippen molar-refractivity contribution in [3.05, 3.63) is 47.5 Å². The summed E-state index contributed by atoms with van der Waals surface area (Å²) in [5.74, 6) is 0.0309. The topological polar surface area (TPSA) is 53.0 Å². The van der Waals surface area contributed by atoms with Crippen LogP contribution in [0.4, 0.5) is 0 Å². The van der Waals surface area contributed by atoms with Crippen molar-refractivity contribution >= 4 is 5.97 Å². The number of aliphatic hydroxyl groups is 1. The lowest BCUT2D eigenvalue weighted by atomic mass is 9.55. The summed E-state index contributed by atoms with van der Waals surface area (Å²) in [6.07, 6.45) is 4.61. The van der Waals surface area contributed by atoms with Crippen LogP contribution < -0.4 is 0 Å². The minimum Gasteiger partial charge on any atom is -0.461 e. The van der Waals surface area contributed by atoms with Gasteiger partial charge in [0.1, 0.15) is 6.10 Å². The summed E-state index contributed by atoms with van der Waals surface area (Å²) in [6.45, 7) is 10.1. The molecule has 168 valence electrons. The molecule has 3 fully saturated rings. The van der Waals surface area contributed by atoms with Crippen LogP contribution in [0.15, 0.2) is 42.0 Å². The van der Waals surface area contributed by atoms with Gasteiger partial charge in [0.25, 0.3) is 0 Å². The average Bonchev–Trinajstić information content (AvgIpc) is 3.07. The number of fused-ring (bicyclic) bond motifs is 2. The first kappa shape index (κ1) is 21.2. The van der Waals surface area contributed by atoms with Crippen LogP contribution in [0.1, 0.15) is 38.7 Å². The van der Waals surface area contributed by atoms with Gasteiger partial charge in [-0.1, -0.05) is 55.8 Å². The quantitative estimate of drug-likeness (QED) is 0.595. The Morgan fingerprint density at radius 1 is 1.13 bits per heavy atom. The van der Waals surface area contributed by atoms with Gasteiger partial charge < -0.3 is 9.84 Å². The molecular weight excluding hydrogens is 388 g/mol. The summed E-state index contributed by atoms with van der Waals surface area (Å²) in [5.41, 5.74) is 2.44. The van der Waals surface area contributed by atoms with E-state index in [4.69, 9.17) is 4.74 Å². The second-order valence-electron chi connectivity index (χ2n) is 10.4. The molecule has 5 heteroatoms. The molecule has 5 nitrogen and oxygen atoms in total. The van der Waals surface area contributed by atoms with E-state index in [9.17, 15) is 9.90 Å². The van der Waals surface area contributed by atoms with Gasteiger partial charge in [-0.2, -0.15) is 0 Å². The van der Waals surface area contributed by atoms with E-state index in [0.717, 1.165) is 52.0 Å². The van der Waals surface area contributed by atoms with Gasteiger partial charge in [-0.15, -0.1) is 0 Å². The van der Waals surface area contributed by atoms with Crippen LogP contribution >= 0.6 is 0 Å². The highest BCUT2D eigenvalue weighted by molar-refractivity contribution is 5.76. The molecule has 4 aliphatic rings. The Morgan fingerprint density at radius 3 is 2.58 bits per heavy atom. The maximum Gasteiger partial charge on any atom is 0.311 e. The summed E-state index contributed by atoms with van der Waals surface area (Å²) in [7, 11) is 0. The van der Waals surface area contributed by atoms with Crippen molar-refractivity contribution in [1.82, 2.24) is 9.80 Å². The molecule has 1 aromatic carbocycles. The highest BCUT2D eigenvalue weighted by atomic mass is 16.6. The molecule has 2 heterocycles. The van der Waals surface area contributed by atoms with Gasteiger partial charge in [0, 0.05) is 57.0 Å². The molecular formula is C26H36N2O3. The summed E-state index contributed by atoms with van der Waals surface area (Å²) < 4.78 is 5.84. The zero-order valence-electron chi connectivity index (χ0n) is 18.9. The molecule has 6 atom stereocenters. The van der Waals surface area contributed by atoms with Gasteiger partial charge in [0.2, 0.25) is 0 Å². The van der Waals surface area contributed by atoms with E-state index in [1.807, 2.05) is 0 Å². The van der Waals surface area contributed by atoms with Gasteiger partial charge in [-0.05, 0) is 24.3 Å². The number of ether oxygens (including phenoxy) is 1. The molecule has 0 radical (unpaired) electrons. The largest absolute Gasteiger partial charge is 0.461 e. The Kier molecular flexibility index (Phi) is 5.70. The van der Waals surface area contributed by atoms with Crippen molar-refractivity contribution in [1.29, 1.82) is 0 Å². The number of hydrogen-bond acceptors (Lipinski definition) is 5. The fourth-order valence-corrected chi connectivity index (χ4v) is 6.52. The SMILES string of the molecule is C[C@@H]1CCC=C2C[C@H]3OC(=O)[C@H](CN4CCN(Cc5ccccc5)CC4)[C@@H]3[C@@H](O)[C@@]21C. The highest BCUT2D eigenvalue weighted by Gasteiger charge is 2.59. The lowest BCUT2D eigenvalue weighted by Gasteiger charge is -2.52. The molecule has 5 rings (SSSR count). The van der Waals surface area contributed by atoms with Crippen molar-refractivity contribution in [2.45, 2.75) is 51.9 Å². The third kappa shape index (κ3) is 3.75. The Balaban J connectivity index is 1.24. The fraction of sp³-hybridized carbons (Fsp3) is 0.654. The number of aliphatic hydroxyl groups excluding tert-OH is 1. The zero-order chi connectivity index (χ0) is 21.6. The summed E-state index contributed by atoms with van der Waals surface area (Å²) in [4.78, 5) is 17.8. The third-order valence-electron chi connectivity index (χ3n) is 8.74. The van der Waals surface area contributed by atoms with E-state index in [-0.39, 0.29) is 29.3 Å². The molecule has 2 aliphatic heterocycles. The summed E-state index contributed by atoms with van der Waals surface area (Å²) in [5, 5.41) is 11.5. The fourth-order valence-electron chi connectivity index (χ4n) is 6.52. The number of hydrogen-bond donors (Lipinski definition) is 1. The molecule has 2 aliphatic carbocycles. The second-order valence-corrected chi connectivity index (χ2v) is 10.4. The Hall–Kier alpha value is -1.69. The standard InChI is InChI=1S/C26H36N2O3/c1-18-7-6-10-20-15-22-23(24(29)26(18,20)2)21(25(30)31-22)17-28-13-11-27(12-14-28)16-19-8-4-3-5-9-19/h3-5,8-10,18,21-24,29H,6-7,11-17H2,1-2H3/t18-,21-,22-,23+,24-,26-/m1/s1. The Labute approximate surface area is 186 Å². The van der Waals surface area contributed by atoms with Gasteiger partial charge >= 0.3 is 5.97 Å². The van der Waals surface area contributed by atoms with Crippen molar-refractivity contribution < 1.29 is 14.6 Å². The molecule has 0 amide bonds. The highest BCUT2D eigenvalue weighted by Crippen LogP contribution is 2.56. The number of allylic oxidation sites excluding steroid dienone is 1. The monoisotopic (exact) mass is 424 g/mol. The molecule has 1 saturated carbocycles. The number of rotatable bonds is 4. The van der Waals surface area contributed by atoms with E-state index in [1.165, 1.54) is 11.1 Å². The molecule has 0 aromatic heterocycles. The predicted octanol–water partition coefficient (Wildman–Crippen LogP) is 3.09. The Morgan fingerprint density at radius 2 is 1.84 bits per heavy atom. The van der Waals surface area contributed by atoms with E-state index in [0.29, 0.717) is 12.5 Å². The smallest absolute Gasteiger partial charge is 0.311 e. The number of carbonyl (C=O) groups excluding carboxylic acids is 1. The van der Waals surface area contributed by atoms with Crippen LogP contribution in [-0.4, -0.2) is 65.8 Å². The van der Waals surface area contributed by atoms with E-state index in [2.05, 4.69) is 60.1 Å². The zero-order valence-corrected chi connectivity index (χ0v) is 18.9. The molecule has 0 spiro atoms. The van der Waals surface area contributed by atoms with E-state index >= 15 is 0 Å². The first-order valence-corrected chi connectivity index (χ1v) is 12.0. The lowest BCUT2D eigenvalue weighted by molar-refractivity contribution is -0.145. The summed E-state index contributed by atoms with van der Waals surface area (Å²) >= 11 is 0. The maximum absolute atomic E-state index is 12.9. The minimum atomic E-state index is -0.511. The number of esters is 1. The average molecular weight is 425 g/mol. The lowest BCUT2D eigenvalue weighted by Crippen LogP contribution is -2.55. The van der Waals surface area contributed by atoms with Crippen LogP contribution in [-0.2, 0) is 16.1 Å². The van der Waals surface area contributed by atoms with Crippen LogP contribution in [0.3, 0.4) is 0 Å². The van der Waals surface area contributed by atoms with Crippen LogP contribution in [0.2, 0.25) is 0 Å². The van der Waals surface area contributed by atoms with E-state index in [1.54, 1.807) is 0 Å². The summed E-state index contributed by atoms with van der Waals surface area (Å²) in [6, 6.07) is 10.6. The Bertz CT molecular complexity index is 832. The molecule has 1 N–H and O–H groups in total. The van der Waals surface area contributed by atoms with Crippen molar-refractivity contribution in [3.63, 3.8) is 0 Å². The molecule has 2 saturated heterocycles. The van der Waals surface area contributed by atoms with Crippen molar-refractivity contribution in [2.75, 3.05) is 32.7 Å². The number of benzene rings is 1. The molecule has 31 heavy (non-hydrogen) atoms. The third-order valence-corrected chi connectivity index (χ3v) is 8.74. The van der Waals surface area contributed by atoms with Gasteiger partial charge in [0.05, 0.1) is 12.0 Å².